The molecular weight excluding hydrogens is 318 g/mol. The molecule has 1 fully saturated rings. The maximum absolute atomic E-state index is 13.4. The largest absolute Gasteiger partial charge is 0.360 e. The number of rotatable bonds is 3. The van der Waals surface area contributed by atoms with Crippen LogP contribution in [0.25, 0.3) is 10.9 Å². The van der Waals surface area contributed by atoms with Crippen LogP contribution in [0.4, 0.5) is 8.78 Å². The van der Waals surface area contributed by atoms with Gasteiger partial charge in [0.05, 0.1) is 24.7 Å². The van der Waals surface area contributed by atoms with E-state index in [2.05, 4.69) is 10.3 Å². The number of nitrogens with one attached hydrogen (secondary N) is 2. The van der Waals surface area contributed by atoms with Gasteiger partial charge in [0, 0.05) is 23.5 Å². The minimum Gasteiger partial charge on any atom is -0.360 e. The molecular formula is C16H14F2N4O2. The number of para-hydroxylation sites is 1. The summed E-state index contributed by atoms with van der Waals surface area (Å²) < 4.78 is 26.7. The Kier molecular flexibility index (Phi) is 3.93. The van der Waals surface area contributed by atoms with Crippen LogP contribution in [0.3, 0.4) is 0 Å². The van der Waals surface area contributed by atoms with Crippen molar-refractivity contribution in [3.8, 4) is 6.07 Å². The number of halogens is 2. The van der Waals surface area contributed by atoms with E-state index >= 15 is 0 Å². The van der Waals surface area contributed by atoms with Crippen molar-refractivity contribution < 1.29 is 18.4 Å². The molecule has 1 aromatic heterocycles. The number of aromatic amines is 1. The molecule has 3 rings (SSSR count). The summed E-state index contributed by atoms with van der Waals surface area (Å²) in [4.78, 5) is 28.0. The number of likely N-dealkylation sites (tertiary alicyclic amines) is 1. The minimum absolute atomic E-state index is 0.363. The molecule has 0 bridgehead atoms. The van der Waals surface area contributed by atoms with Crippen molar-refractivity contribution in [1.29, 1.82) is 5.26 Å². The number of nitrogens with zero attached hydrogens (tertiary/aromatic N) is 2. The van der Waals surface area contributed by atoms with Crippen molar-refractivity contribution in [2.45, 2.75) is 18.4 Å². The van der Waals surface area contributed by atoms with Gasteiger partial charge in [0.25, 0.3) is 11.8 Å². The van der Waals surface area contributed by atoms with E-state index in [1.54, 1.807) is 24.3 Å². The van der Waals surface area contributed by atoms with E-state index < -0.39 is 43.3 Å². The van der Waals surface area contributed by atoms with Crippen LogP contribution in [0.1, 0.15) is 16.8 Å². The van der Waals surface area contributed by atoms with Crippen molar-refractivity contribution in [1.82, 2.24) is 15.2 Å². The first-order valence-corrected chi connectivity index (χ1v) is 7.32. The number of H-pyrrole nitrogens is 1. The zero-order chi connectivity index (χ0) is 17.3. The van der Waals surface area contributed by atoms with Gasteiger partial charge in [0.15, 0.2) is 0 Å². The minimum atomic E-state index is -3.07. The number of amides is 2. The predicted octanol–water partition coefficient (Wildman–Crippen LogP) is 1.66. The molecule has 0 spiro atoms. The van der Waals surface area contributed by atoms with Gasteiger partial charge in [-0.25, -0.2) is 8.78 Å². The number of carbonyl (C=O) groups is 2. The third-order valence-corrected chi connectivity index (χ3v) is 3.97. The van der Waals surface area contributed by atoms with Crippen molar-refractivity contribution in [2.75, 3.05) is 13.1 Å². The number of fused-ring (bicyclic) bond motifs is 1. The van der Waals surface area contributed by atoms with Gasteiger partial charge in [-0.1, -0.05) is 18.2 Å². The SMILES string of the molecule is N#C[C@@H]1CC(F)(F)CN1C(=O)CNC(=O)c1c[nH]c2ccccc12. The Balaban J connectivity index is 1.66. The Hall–Kier alpha value is -2.95. The molecule has 2 N–H and O–H groups in total. The van der Waals surface area contributed by atoms with E-state index in [9.17, 15) is 18.4 Å². The van der Waals surface area contributed by atoms with Crippen molar-refractivity contribution in [2.24, 2.45) is 0 Å². The first-order chi connectivity index (χ1) is 11.4. The average Bonchev–Trinajstić information content (AvgIpc) is 3.12. The van der Waals surface area contributed by atoms with E-state index in [1.807, 2.05) is 6.07 Å². The van der Waals surface area contributed by atoms with Crippen LogP contribution in [-0.2, 0) is 4.79 Å². The molecule has 6 nitrogen and oxygen atoms in total. The molecule has 1 saturated heterocycles. The summed E-state index contributed by atoms with van der Waals surface area (Å²) in [5, 5.41) is 12.0. The molecule has 1 aliphatic heterocycles. The first-order valence-electron chi connectivity index (χ1n) is 7.32. The van der Waals surface area contributed by atoms with Crippen LogP contribution in [0, 0.1) is 11.3 Å². The molecule has 124 valence electrons. The number of benzene rings is 1. The number of hydrogen-bond donors (Lipinski definition) is 2. The van der Waals surface area contributed by atoms with Crippen molar-refractivity contribution >= 4 is 22.7 Å². The Labute approximate surface area is 136 Å². The van der Waals surface area contributed by atoms with Gasteiger partial charge < -0.3 is 15.2 Å². The standard InChI is InChI=1S/C16H14F2N4O2/c17-16(18)5-10(6-19)22(9-16)14(23)8-21-15(24)12-7-20-13-4-2-1-3-11(12)13/h1-4,7,10,20H,5,8-9H2,(H,21,24)/t10-/m0/s1. The van der Waals surface area contributed by atoms with E-state index in [1.165, 1.54) is 6.20 Å². The van der Waals surface area contributed by atoms with Gasteiger partial charge in [-0.05, 0) is 6.07 Å². The number of hydrogen-bond acceptors (Lipinski definition) is 3. The zero-order valence-corrected chi connectivity index (χ0v) is 12.6. The summed E-state index contributed by atoms with van der Waals surface area (Å²) in [6, 6.07) is 7.69. The third-order valence-electron chi connectivity index (χ3n) is 3.97. The highest BCUT2D eigenvalue weighted by molar-refractivity contribution is 6.07. The number of alkyl halides is 2. The number of carbonyl (C=O) groups excluding carboxylic acids is 2. The molecule has 0 aliphatic carbocycles. The summed E-state index contributed by atoms with van der Waals surface area (Å²) in [6.45, 7) is -1.24. The highest BCUT2D eigenvalue weighted by Gasteiger charge is 2.47. The lowest BCUT2D eigenvalue weighted by Gasteiger charge is -2.19. The van der Waals surface area contributed by atoms with Crippen LogP contribution < -0.4 is 5.32 Å². The van der Waals surface area contributed by atoms with E-state index in [0.717, 1.165) is 10.4 Å². The number of nitriles is 1. The molecule has 0 unspecified atom stereocenters. The summed E-state index contributed by atoms with van der Waals surface area (Å²) in [5.41, 5.74) is 1.14. The lowest BCUT2D eigenvalue weighted by atomic mass is 10.1. The van der Waals surface area contributed by atoms with Crippen molar-refractivity contribution in [3.63, 3.8) is 0 Å². The topological polar surface area (TPSA) is 89.0 Å². The highest BCUT2D eigenvalue weighted by atomic mass is 19.3. The Morgan fingerprint density at radius 2 is 2.17 bits per heavy atom. The fourth-order valence-electron chi connectivity index (χ4n) is 2.81. The average molecular weight is 332 g/mol. The molecule has 8 heteroatoms. The molecule has 24 heavy (non-hydrogen) atoms. The molecule has 1 aliphatic rings. The van der Waals surface area contributed by atoms with Crippen LogP contribution >= 0.6 is 0 Å². The maximum atomic E-state index is 13.4. The van der Waals surface area contributed by atoms with Gasteiger partial charge in [0.1, 0.15) is 6.04 Å². The summed E-state index contributed by atoms with van der Waals surface area (Å²) in [7, 11) is 0. The molecule has 0 saturated carbocycles. The summed E-state index contributed by atoms with van der Waals surface area (Å²) >= 11 is 0. The lowest BCUT2D eigenvalue weighted by Crippen LogP contribution is -2.42. The summed E-state index contributed by atoms with van der Waals surface area (Å²) in [5.74, 6) is -4.26. The fourth-order valence-corrected chi connectivity index (χ4v) is 2.81. The lowest BCUT2D eigenvalue weighted by molar-refractivity contribution is -0.131. The van der Waals surface area contributed by atoms with Crippen molar-refractivity contribution in [3.05, 3.63) is 36.0 Å². The van der Waals surface area contributed by atoms with Crippen LogP contribution in [0.2, 0.25) is 0 Å². The van der Waals surface area contributed by atoms with Crippen LogP contribution in [-0.4, -0.2) is 46.8 Å². The highest BCUT2D eigenvalue weighted by Crippen LogP contribution is 2.31. The van der Waals surface area contributed by atoms with Gasteiger partial charge in [0.2, 0.25) is 5.91 Å². The number of aromatic nitrogens is 1. The fraction of sp³-hybridized carbons (Fsp3) is 0.312. The van der Waals surface area contributed by atoms with E-state index in [-0.39, 0.29) is 0 Å². The smallest absolute Gasteiger partial charge is 0.268 e. The summed E-state index contributed by atoms with van der Waals surface area (Å²) in [6.07, 6.45) is 0.845. The second-order valence-electron chi connectivity index (χ2n) is 5.66. The second-order valence-corrected chi connectivity index (χ2v) is 5.66. The Bertz CT molecular complexity index is 840. The molecule has 2 amide bonds. The van der Waals surface area contributed by atoms with Gasteiger partial charge in [-0.2, -0.15) is 5.26 Å². The zero-order valence-electron chi connectivity index (χ0n) is 12.6. The van der Waals surface area contributed by atoms with Gasteiger partial charge >= 0.3 is 0 Å². The van der Waals surface area contributed by atoms with E-state index in [4.69, 9.17) is 5.26 Å². The molecule has 2 aromatic rings. The Morgan fingerprint density at radius 3 is 2.92 bits per heavy atom. The molecule has 1 atom stereocenters. The van der Waals surface area contributed by atoms with Crippen LogP contribution in [0.5, 0.6) is 0 Å². The quantitative estimate of drug-likeness (QED) is 0.896. The predicted molar refractivity (Wildman–Crippen MR) is 81.3 cm³/mol. The molecule has 1 aromatic carbocycles. The monoisotopic (exact) mass is 332 g/mol. The Morgan fingerprint density at radius 1 is 1.42 bits per heavy atom. The van der Waals surface area contributed by atoms with Crippen LogP contribution in [0.15, 0.2) is 30.5 Å². The van der Waals surface area contributed by atoms with Gasteiger partial charge in [-0.3, -0.25) is 9.59 Å². The van der Waals surface area contributed by atoms with Gasteiger partial charge in [-0.15, -0.1) is 0 Å². The molecule has 2 heterocycles. The normalized spacial score (nSPS) is 19.2. The maximum Gasteiger partial charge on any atom is 0.268 e. The first kappa shape index (κ1) is 15.9. The third kappa shape index (κ3) is 2.93. The van der Waals surface area contributed by atoms with E-state index in [0.29, 0.717) is 10.9 Å². The molecule has 0 radical (unpaired) electrons. The second kappa shape index (κ2) is 5.92.